The minimum Gasteiger partial charge on any atom is -0.0885 e. The molecule has 276 valence electrons. The summed E-state index contributed by atoms with van der Waals surface area (Å²) in [7, 11) is 0. The van der Waals surface area contributed by atoms with Crippen LogP contribution in [0.3, 0.4) is 0 Å². The number of hydrogen-bond donors (Lipinski definition) is 0. The molecule has 0 saturated carbocycles. The van der Waals surface area contributed by atoms with E-state index in [1.54, 1.807) is 0 Å². The van der Waals surface area contributed by atoms with Crippen LogP contribution in [0, 0.1) is 0 Å². The first-order chi connectivity index (χ1) is 22.8. The second-order valence-electron chi connectivity index (χ2n) is 14.7. The molecule has 0 aliphatic rings. The number of unbranched alkanes of at least 4 members (excludes halogenated alkanes) is 34. The molecule has 0 spiro atoms. The highest BCUT2D eigenvalue weighted by molar-refractivity contribution is 4.82. The second kappa shape index (κ2) is 48.9. The average Bonchev–Trinajstić information content (AvgIpc) is 3.07. The molecule has 0 unspecified atom stereocenters. The SMILES string of the molecule is CCCCCCCC/C=C\CCCCCCCCCCCCC.CCCCCCCC/C=C\CCCCCCCCCCCCC. The van der Waals surface area contributed by atoms with Crippen LogP contribution in [0.15, 0.2) is 24.3 Å². The molecule has 0 aromatic heterocycles. The molecular formula is C46H92. The Hall–Kier alpha value is -0.520. The zero-order valence-electron chi connectivity index (χ0n) is 33.2. The van der Waals surface area contributed by atoms with Gasteiger partial charge in [0, 0.05) is 0 Å². The van der Waals surface area contributed by atoms with Crippen molar-refractivity contribution in [2.45, 2.75) is 272 Å². The molecule has 0 N–H and O–H groups in total. The summed E-state index contributed by atoms with van der Waals surface area (Å²) in [5.41, 5.74) is 0. The van der Waals surface area contributed by atoms with Crippen LogP contribution >= 0.6 is 0 Å². The standard InChI is InChI=1S/2C23H46/c2*1-3-5-7-9-11-13-15-17-19-21-23-22-20-18-16-14-12-10-8-6-4-2/h2*17,19H,3-16,18,20-23H2,1-2H3/b2*19-17-. The Labute approximate surface area is 295 Å². The molecule has 0 fully saturated rings. The van der Waals surface area contributed by atoms with Crippen LogP contribution < -0.4 is 0 Å². The van der Waals surface area contributed by atoms with E-state index in [4.69, 9.17) is 0 Å². The highest BCUT2D eigenvalue weighted by Crippen LogP contribution is 2.14. The quantitative estimate of drug-likeness (QED) is 0.0463. The van der Waals surface area contributed by atoms with E-state index in [-0.39, 0.29) is 0 Å². The van der Waals surface area contributed by atoms with Crippen molar-refractivity contribution in [3.63, 3.8) is 0 Å². The maximum absolute atomic E-state index is 2.43. The van der Waals surface area contributed by atoms with Gasteiger partial charge in [0.2, 0.25) is 0 Å². The summed E-state index contributed by atoms with van der Waals surface area (Å²) in [5.74, 6) is 0. The van der Waals surface area contributed by atoms with Crippen LogP contribution in [0.2, 0.25) is 0 Å². The van der Waals surface area contributed by atoms with E-state index >= 15 is 0 Å². The molecule has 0 nitrogen and oxygen atoms in total. The molecule has 0 saturated heterocycles. The van der Waals surface area contributed by atoms with Gasteiger partial charge in [0.05, 0.1) is 0 Å². The summed E-state index contributed by atoms with van der Waals surface area (Å²) < 4.78 is 0. The van der Waals surface area contributed by atoms with Gasteiger partial charge in [0.25, 0.3) is 0 Å². The summed E-state index contributed by atoms with van der Waals surface area (Å²) in [5, 5.41) is 0. The third-order valence-electron chi connectivity index (χ3n) is 9.73. The Morgan fingerprint density at radius 1 is 0.174 bits per heavy atom. The Bertz CT molecular complexity index is 480. The van der Waals surface area contributed by atoms with Gasteiger partial charge in [0.1, 0.15) is 0 Å². The lowest BCUT2D eigenvalue weighted by Crippen LogP contribution is -1.82. The van der Waals surface area contributed by atoms with Gasteiger partial charge < -0.3 is 0 Å². The van der Waals surface area contributed by atoms with Gasteiger partial charge in [-0.2, -0.15) is 0 Å². The minimum atomic E-state index is 1.31. The van der Waals surface area contributed by atoms with Gasteiger partial charge in [-0.25, -0.2) is 0 Å². The van der Waals surface area contributed by atoms with Gasteiger partial charge in [0.15, 0.2) is 0 Å². The molecule has 0 radical (unpaired) electrons. The highest BCUT2D eigenvalue weighted by atomic mass is 14.0. The largest absolute Gasteiger partial charge is 0.0885 e. The van der Waals surface area contributed by atoms with Crippen LogP contribution in [0.25, 0.3) is 0 Å². The van der Waals surface area contributed by atoms with Gasteiger partial charge in [-0.15, -0.1) is 0 Å². The molecule has 0 aromatic carbocycles. The highest BCUT2D eigenvalue weighted by Gasteiger charge is 1.94. The van der Waals surface area contributed by atoms with Crippen LogP contribution in [-0.2, 0) is 0 Å². The van der Waals surface area contributed by atoms with E-state index < -0.39 is 0 Å². The lowest BCUT2D eigenvalue weighted by atomic mass is 10.1. The van der Waals surface area contributed by atoms with Crippen molar-refractivity contribution in [3.05, 3.63) is 24.3 Å². The minimum absolute atomic E-state index is 1.31. The topological polar surface area (TPSA) is 0 Å². The molecule has 0 heterocycles. The van der Waals surface area contributed by atoms with Crippen LogP contribution in [0.4, 0.5) is 0 Å². The van der Waals surface area contributed by atoms with Crippen LogP contribution in [-0.4, -0.2) is 0 Å². The van der Waals surface area contributed by atoms with Crippen molar-refractivity contribution in [1.29, 1.82) is 0 Å². The normalized spacial score (nSPS) is 11.6. The second-order valence-corrected chi connectivity index (χ2v) is 14.7. The van der Waals surface area contributed by atoms with Gasteiger partial charge >= 0.3 is 0 Å². The molecule has 0 rings (SSSR count). The Morgan fingerprint density at radius 3 is 0.457 bits per heavy atom. The van der Waals surface area contributed by atoms with E-state index in [1.165, 1.54) is 244 Å². The van der Waals surface area contributed by atoms with Crippen molar-refractivity contribution in [1.82, 2.24) is 0 Å². The van der Waals surface area contributed by atoms with Crippen molar-refractivity contribution in [2.75, 3.05) is 0 Å². The molecule has 0 amide bonds. The molecule has 0 atom stereocenters. The summed E-state index contributed by atoms with van der Waals surface area (Å²) in [6, 6.07) is 0. The third-order valence-corrected chi connectivity index (χ3v) is 9.73. The number of allylic oxidation sites excluding steroid dienone is 4. The lowest BCUT2D eigenvalue weighted by Gasteiger charge is -2.01. The van der Waals surface area contributed by atoms with Gasteiger partial charge in [-0.05, 0) is 51.4 Å². The van der Waals surface area contributed by atoms with E-state index in [0.717, 1.165) is 0 Å². The van der Waals surface area contributed by atoms with Crippen LogP contribution in [0.5, 0.6) is 0 Å². The van der Waals surface area contributed by atoms with Crippen LogP contribution in [0.1, 0.15) is 272 Å². The molecule has 0 aliphatic carbocycles. The van der Waals surface area contributed by atoms with Crippen molar-refractivity contribution in [2.24, 2.45) is 0 Å². The zero-order chi connectivity index (χ0) is 33.7. The van der Waals surface area contributed by atoms with E-state index in [0.29, 0.717) is 0 Å². The number of rotatable bonds is 38. The predicted molar refractivity (Wildman–Crippen MR) is 216 cm³/mol. The summed E-state index contributed by atoms with van der Waals surface area (Å²) in [6.45, 7) is 9.17. The summed E-state index contributed by atoms with van der Waals surface area (Å²) in [4.78, 5) is 0. The molecule has 0 heteroatoms. The first kappa shape index (κ1) is 47.6. The monoisotopic (exact) mass is 645 g/mol. The average molecular weight is 645 g/mol. The van der Waals surface area contributed by atoms with Gasteiger partial charge in [-0.1, -0.05) is 245 Å². The summed E-state index contributed by atoms with van der Waals surface area (Å²) in [6.07, 6.45) is 63.8. The van der Waals surface area contributed by atoms with Gasteiger partial charge in [-0.3, -0.25) is 0 Å². The Balaban J connectivity index is 0. The first-order valence-corrected chi connectivity index (χ1v) is 22.1. The fourth-order valence-electron chi connectivity index (χ4n) is 6.41. The molecule has 46 heavy (non-hydrogen) atoms. The van der Waals surface area contributed by atoms with Crippen molar-refractivity contribution in [3.8, 4) is 0 Å². The zero-order valence-corrected chi connectivity index (χ0v) is 33.2. The van der Waals surface area contributed by atoms with E-state index in [2.05, 4.69) is 52.0 Å². The molecular weight excluding hydrogens is 553 g/mol. The van der Waals surface area contributed by atoms with Crippen molar-refractivity contribution < 1.29 is 0 Å². The smallest absolute Gasteiger partial charge is 0.0351 e. The maximum Gasteiger partial charge on any atom is -0.0351 e. The van der Waals surface area contributed by atoms with E-state index in [9.17, 15) is 0 Å². The maximum atomic E-state index is 2.43. The summed E-state index contributed by atoms with van der Waals surface area (Å²) >= 11 is 0. The molecule has 0 aromatic rings. The predicted octanol–water partition coefficient (Wildman–Crippen LogP) is 18.0. The molecule has 0 aliphatic heterocycles. The van der Waals surface area contributed by atoms with E-state index in [1.807, 2.05) is 0 Å². The third kappa shape index (κ3) is 50.3. The molecule has 0 bridgehead atoms. The Morgan fingerprint density at radius 2 is 0.304 bits per heavy atom. The fraction of sp³-hybridized carbons (Fsp3) is 0.913. The Kier molecular flexibility index (Phi) is 50.6. The van der Waals surface area contributed by atoms with Crippen molar-refractivity contribution >= 4 is 0 Å². The lowest BCUT2D eigenvalue weighted by molar-refractivity contribution is 0.550. The first-order valence-electron chi connectivity index (χ1n) is 22.1. The number of hydrogen-bond acceptors (Lipinski definition) is 0. The fourth-order valence-corrected chi connectivity index (χ4v) is 6.41.